The van der Waals surface area contributed by atoms with E-state index in [0.29, 0.717) is 5.56 Å². The molecule has 2 aromatic rings. The Bertz CT molecular complexity index is 642. The Labute approximate surface area is 104 Å². The number of imidazole rings is 1. The van der Waals surface area contributed by atoms with Crippen LogP contribution in [0.4, 0.5) is 0 Å². The molecule has 6 nitrogen and oxygen atoms in total. The molecule has 1 amide bonds. The highest BCUT2D eigenvalue weighted by Crippen LogP contribution is 1.99. The van der Waals surface area contributed by atoms with Crippen molar-refractivity contribution in [2.45, 2.75) is 6.92 Å². The first-order valence-electron chi connectivity index (χ1n) is 5.46. The van der Waals surface area contributed by atoms with Gasteiger partial charge >= 0.3 is 5.91 Å². The third kappa shape index (κ3) is 1.92. The smallest absolute Gasteiger partial charge is 0.308 e. The zero-order valence-electron chi connectivity index (χ0n) is 10.5. The molecular weight excluding hydrogens is 232 g/mol. The first-order valence-corrected chi connectivity index (χ1v) is 5.46. The highest BCUT2D eigenvalue weighted by molar-refractivity contribution is 5.98. The summed E-state index contributed by atoms with van der Waals surface area (Å²) in [6.45, 7) is 1.71. The molecule has 0 unspecified atom stereocenters. The van der Waals surface area contributed by atoms with Crippen LogP contribution in [-0.2, 0) is 7.05 Å². The van der Waals surface area contributed by atoms with E-state index in [1.165, 1.54) is 16.7 Å². The maximum atomic E-state index is 12.2. The molecule has 6 heteroatoms. The van der Waals surface area contributed by atoms with E-state index in [0.717, 1.165) is 0 Å². The van der Waals surface area contributed by atoms with E-state index in [1.807, 2.05) is 0 Å². The number of aromatic nitrogens is 3. The summed E-state index contributed by atoms with van der Waals surface area (Å²) < 4.78 is 2.88. The maximum Gasteiger partial charge on any atom is 0.308 e. The summed E-state index contributed by atoms with van der Waals surface area (Å²) in [5.74, 6) is -0.0545. The van der Waals surface area contributed by atoms with Crippen molar-refractivity contribution in [3.63, 3.8) is 0 Å². The largest absolute Gasteiger partial charge is 0.330 e. The van der Waals surface area contributed by atoms with E-state index in [2.05, 4.69) is 4.98 Å². The fraction of sp³-hybridized carbons (Fsp3) is 0.250. The zero-order chi connectivity index (χ0) is 13.3. The average Bonchev–Trinajstić information content (AvgIpc) is 2.77. The molecule has 0 radical (unpaired) electrons. The van der Waals surface area contributed by atoms with Gasteiger partial charge in [0.15, 0.2) is 0 Å². The van der Waals surface area contributed by atoms with E-state index in [4.69, 9.17) is 0 Å². The lowest BCUT2D eigenvalue weighted by Crippen LogP contribution is -2.44. The molecule has 2 rings (SSSR count). The van der Waals surface area contributed by atoms with Gasteiger partial charge < -0.3 is 4.57 Å². The van der Waals surface area contributed by atoms with E-state index >= 15 is 0 Å². The standard InChI is InChI=1S/C12H14N4O2/c1-9-5-4-7-16(11(9)17)15(3)12(18)10-13-6-8-14(10)2/h4-8H,1-3H3. The van der Waals surface area contributed by atoms with Crippen LogP contribution in [0, 0.1) is 6.92 Å². The van der Waals surface area contributed by atoms with Crippen molar-refractivity contribution in [1.82, 2.24) is 14.2 Å². The Balaban J connectivity index is 2.41. The second-order valence-electron chi connectivity index (χ2n) is 4.03. The van der Waals surface area contributed by atoms with Gasteiger partial charge in [0, 0.05) is 38.2 Å². The number of rotatable bonds is 2. The zero-order valence-corrected chi connectivity index (χ0v) is 10.5. The summed E-state index contributed by atoms with van der Waals surface area (Å²) in [5, 5.41) is 1.25. The van der Waals surface area contributed by atoms with Crippen LogP contribution in [0.25, 0.3) is 0 Å². The topological polar surface area (TPSA) is 60.1 Å². The predicted octanol–water partition coefficient (Wildman–Crippen LogP) is 0.298. The molecule has 94 valence electrons. The highest BCUT2D eigenvalue weighted by Gasteiger charge is 2.18. The number of hydrogen-bond acceptors (Lipinski definition) is 3. The van der Waals surface area contributed by atoms with Crippen molar-refractivity contribution in [1.29, 1.82) is 0 Å². The van der Waals surface area contributed by atoms with Gasteiger partial charge in [-0.25, -0.2) is 14.7 Å². The molecule has 0 aliphatic rings. The summed E-state index contributed by atoms with van der Waals surface area (Å²) in [6.07, 6.45) is 4.77. The van der Waals surface area contributed by atoms with Gasteiger partial charge in [0.25, 0.3) is 5.56 Å². The fourth-order valence-corrected chi connectivity index (χ4v) is 1.64. The number of carbonyl (C=O) groups is 1. The van der Waals surface area contributed by atoms with Crippen molar-refractivity contribution < 1.29 is 4.79 Å². The molecule has 2 aromatic heterocycles. The van der Waals surface area contributed by atoms with Crippen LogP contribution in [0.3, 0.4) is 0 Å². The van der Waals surface area contributed by atoms with Crippen molar-refractivity contribution >= 4 is 5.91 Å². The quantitative estimate of drug-likeness (QED) is 0.765. The predicted molar refractivity (Wildman–Crippen MR) is 67.1 cm³/mol. The summed E-state index contributed by atoms with van der Waals surface area (Å²) in [7, 11) is 3.27. The van der Waals surface area contributed by atoms with E-state index in [-0.39, 0.29) is 17.3 Å². The molecule has 0 N–H and O–H groups in total. The fourth-order valence-electron chi connectivity index (χ4n) is 1.64. The number of amides is 1. The van der Waals surface area contributed by atoms with Gasteiger partial charge in [0.1, 0.15) is 0 Å². The second-order valence-corrected chi connectivity index (χ2v) is 4.03. The lowest BCUT2D eigenvalue weighted by Gasteiger charge is -2.19. The summed E-state index contributed by atoms with van der Waals surface area (Å²) in [6, 6.07) is 3.43. The minimum atomic E-state index is -0.338. The molecule has 0 spiro atoms. The summed E-state index contributed by atoms with van der Waals surface area (Å²) in [5.41, 5.74) is 0.361. The lowest BCUT2D eigenvalue weighted by molar-refractivity contribution is 0.0952. The van der Waals surface area contributed by atoms with Crippen LogP contribution in [0.15, 0.2) is 35.5 Å². The van der Waals surface area contributed by atoms with Crippen LogP contribution >= 0.6 is 0 Å². The molecule has 2 heterocycles. The molecule has 0 aromatic carbocycles. The van der Waals surface area contributed by atoms with E-state index in [9.17, 15) is 9.59 Å². The molecular formula is C12H14N4O2. The van der Waals surface area contributed by atoms with E-state index in [1.54, 1.807) is 49.3 Å². The van der Waals surface area contributed by atoms with Crippen molar-refractivity contribution in [3.8, 4) is 0 Å². The number of pyridine rings is 1. The normalized spacial score (nSPS) is 10.4. The summed E-state index contributed by atoms with van der Waals surface area (Å²) >= 11 is 0. The molecule has 0 fully saturated rings. The molecule has 0 saturated carbocycles. The number of nitrogens with zero attached hydrogens (tertiary/aromatic N) is 4. The SMILES string of the molecule is Cc1cccn(N(C)C(=O)c2nccn2C)c1=O. The number of hydrogen-bond donors (Lipinski definition) is 0. The van der Waals surface area contributed by atoms with Gasteiger partial charge in [0.2, 0.25) is 5.82 Å². The minimum Gasteiger partial charge on any atom is -0.330 e. The van der Waals surface area contributed by atoms with Crippen LogP contribution in [0.1, 0.15) is 16.2 Å². The first kappa shape index (κ1) is 12.1. The van der Waals surface area contributed by atoms with Crippen LogP contribution in [0.2, 0.25) is 0 Å². The van der Waals surface area contributed by atoms with Gasteiger partial charge in [-0.2, -0.15) is 0 Å². The van der Waals surface area contributed by atoms with Gasteiger partial charge in [-0.3, -0.25) is 9.59 Å². The number of carbonyl (C=O) groups excluding carboxylic acids is 1. The van der Waals surface area contributed by atoms with Crippen LogP contribution in [-0.4, -0.2) is 27.2 Å². The third-order valence-electron chi connectivity index (χ3n) is 2.75. The minimum absolute atomic E-state index is 0.220. The molecule has 0 atom stereocenters. The van der Waals surface area contributed by atoms with Crippen LogP contribution < -0.4 is 10.6 Å². The Morgan fingerprint density at radius 2 is 2.11 bits per heavy atom. The molecule has 0 aliphatic carbocycles. The molecule has 18 heavy (non-hydrogen) atoms. The Morgan fingerprint density at radius 1 is 1.39 bits per heavy atom. The summed E-state index contributed by atoms with van der Waals surface area (Å²) in [4.78, 5) is 28.1. The van der Waals surface area contributed by atoms with Gasteiger partial charge in [-0.05, 0) is 13.0 Å². The van der Waals surface area contributed by atoms with Crippen molar-refractivity contribution in [2.24, 2.45) is 7.05 Å². The van der Waals surface area contributed by atoms with Crippen molar-refractivity contribution in [2.75, 3.05) is 12.1 Å². The van der Waals surface area contributed by atoms with Crippen molar-refractivity contribution in [3.05, 3.63) is 52.5 Å². The van der Waals surface area contributed by atoms with E-state index < -0.39 is 0 Å². The average molecular weight is 246 g/mol. The molecule has 0 aliphatic heterocycles. The third-order valence-corrected chi connectivity index (χ3v) is 2.75. The first-order chi connectivity index (χ1) is 8.52. The monoisotopic (exact) mass is 246 g/mol. The van der Waals surface area contributed by atoms with Crippen LogP contribution in [0.5, 0.6) is 0 Å². The Kier molecular flexibility index (Phi) is 3.01. The van der Waals surface area contributed by atoms with Gasteiger partial charge in [-0.1, -0.05) is 6.07 Å². The van der Waals surface area contributed by atoms with Gasteiger partial charge in [0.05, 0.1) is 0 Å². The lowest BCUT2D eigenvalue weighted by atomic mass is 10.3. The molecule has 0 bridgehead atoms. The Morgan fingerprint density at radius 3 is 2.72 bits per heavy atom. The molecule has 0 saturated heterocycles. The highest BCUT2D eigenvalue weighted by atomic mass is 16.2. The number of aryl methyl sites for hydroxylation is 2. The Hall–Kier alpha value is -2.37. The maximum absolute atomic E-state index is 12.2. The second kappa shape index (κ2) is 4.48. The van der Waals surface area contributed by atoms with Gasteiger partial charge in [-0.15, -0.1) is 0 Å².